The number of unbranched alkanes of at least 4 members (excludes halogenated alkanes) is 2. The smallest absolute Gasteiger partial charge is 0.191 e. The first kappa shape index (κ1) is 18.8. The van der Waals surface area contributed by atoms with Crippen molar-refractivity contribution in [2.45, 2.75) is 56.7 Å². The Bertz CT molecular complexity index is 638. The lowest BCUT2D eigenvalue weighted by Gasteiger charge is -2.29. The van der Waals surface area contributed by atoms with Gasteiger partial charge in [0.15, 0.2) is 6.29 Å². The Morgan fingerprint density at radius 1 is 0.923 bits per heavy atom. The topological polar surface area (TPSA) is 38.7 Å². The SMILES string of the molecule is C=C[C@@](O)(CCCCC)C1O[C@H](c2ccccc2)[C@@H](c2ccccc2)O1. The molecule has 1 aliphatic rings. The van der Waals surface area contributed by atoms with Crippen molar-refractivity contribution in [1.82, 2.24) is 0 Å². The molecule has 0 bridgehead atoms. The molecule has 1 aliphatic heterocycles. The lowest BCUT2D eigenvalue weighted by molar-refractivity contribution is -0.175. The molecule has 1 saturated heterocycles. The fourth-order valence-corrected chi connectivity index (χ4v) is 3.44. The van der Waals surface area contributed by atoms with E-state index in [1.165, 1.54) is 0 Å². The molecule has 3 rings (SSSR count). The van der Waals surface area contributed by atoms with Crippen LogP contribution in [-0.2, 0) is 9.47 Å². The third-order valence-corrected chi connectivity index (χ3v) is 5.01. The Hall–Kier alpha value is -1.94. The van der Waals surface area contributed by atoms with E-state index < -0.39 is 11.9 Å². The van der Waals surface area contributed by atoms with Gasteiger partial charge in [-0.05, 0) is 17.5 Å². The molecule has 1 heterocycles. The van der Waals surface area contributed by atoms with Crippen molar-refractivity contribution in [2.24, 2.45) is 0 Å². The van der Waals surface area contributed by atoms with Crippen LogP contribution < -0.4 is 0 Å². The highest BCUT2D eigenvalue weighted by atomic mass is 16.7. The second-order valence-corrected chi connectivity index (χ2v) is 6.92. The Morgan fingerprint density at radius 3 is 1.85 bits per heavy atom. The van der Waals surface area contributed by atoms with Crippen LogP contribution >= 0.6 is 0 Å². The number of aliphatic hydroxyl groups is 1. The van der Waals surface area contributed by atoms with Crippen molar-refractivity contribution in [3.8, 4) is 0 Å². The molecule has 0 aromatic heterocycles. The Balaban J connectivity index is 1.87. The fourth-order valence-electron chi connectivity index (χ4n) is 3.44. The average Bonchev–Trinajstić information content (AvgIpc) is 3.15. The molecule has 3 atom stereocenters. The maximum Gasteiger partial charge on any atom is 0.191 e. The molecule has 2 aromatic rings. The van der Waals surface area contributed by atoms with Crippen LogP contribution in [0.2, 0.25) is 0 Å². The van der Waals surface area contributed by atoms with E-state index in [0.717, 1.165) is 30.4 Å². The van der Waals surface area contributed by atoms with E-state index in [9.17, 15) is 5.11 Å². The molecular formula is C23H28O3. The summed E-state index contributed by atoms with van der Waals surface area (Å²) in [7, 11) is 0. The zero-order chi connectivity index (χ0) is 18.4. The average molecular weight is 352 g/mol. The molecule has 0 unspecified atom stereocenters. The normalized spacial score (nSPS) is 22.8. The van der Waals surface area contributed by atoms with E-state index >= 15 is 0 Å². The molecule has 0 saturated carbocycles. The van der Waals surface area contributed by atoms with Gasteiger partial charge in [-0.1, -0.05) is 92.9 Å². The maximum absolute atomic E-state index is 11.1. The summed E-state index contributed by atoms with van der Waals surface area (Å²) in [5, 5.41) is 11.1. The highest BCUT2D eigenvalue weighted by Gasteiger charge is 2.47. The van der Waals surface area contributed by atoms with Crippen LogP contribution in [0, 0.1) is 0 Å². The number of rotatable bonds is 8. The fraction of sp³-hybridized carbons (Fsp3) is 0.391. The van der Waals surface area contributed by atoms with Crippen LogP contribution in [0.15, 0.2) is 73.3 Å². The summed E-state index contributed by atoms with van der Waals surface area (Å²) >= 11 is 0. The van der Waals surface area contributed by atoms with Crippen molar-refractivity contribution in [3.05, 3.63) is 84.4 Å². The van der Waals surface area contributed by atoms with E-state index in [0.29, 0.717) is 6.42 Å². The maximum atomic E-state index is 11.1. The quantitative estimate of drug-likeness (QED) is 0.515. The summed E-state index contributed by atoms with van der Waals surface area (Å²) in [5.74, 6) is 0. The van der Waals surface area contributed by atoms with Gasteiger partial charge in [0, 0.05) is 0 Å². The predicted octanol–water partition coefficient (Wildman–Crippen LogP) is 5.34. The lowest BCUT2D eigenvalue weighted by atomic mass is 9.95. The van der Waals surface area contributed by atoms with E-state index in [-0.39, 0.29) is 12.2 Å². The molecule has 2 aromatic carbocycles. The second kappa shape index (κ2) is 8.63. The van der Waals surface area contributed by atoms with E-state index in [2.05, 4.69) is 13.5 Å². The first-order chi connectivity index (χ1) is 12.7. The standard InChI is InChI=1S/C23H28O3/c1-3-5-12-17-23(24,4-2)22-25-20(18-13-8-6-9-14-18)21(26-22)19-15-10-7-11-16-19/h4,6-11,13-16,20-22,24H,2-3,5,12,17H2,1H3/t20-,21-,23-/m1/s1. The number of ether oxygens (including phenoxy) is 2. The summed E-state index contributed by atoms with van der Waals surface area (Å²) < 4.78 is 12.5. The second-order valence-electron chi connectivity index (χ2n) is 6.92. The van der Waals surface area contributed by atoms with Gasteiger partial charge in [-0.3, -0.25) is 0 Å². The van der Waals surface area contributed by atoms with Crippen molar-refractivity contribution < 1.29 is 14.6 Å². The Morgan fingerprint density at radius 2 is 1.42 bits per heavy atom. The summed E-state index contributed by atoms with van der Waals surface area (Å²) in [6, 6.07) is 20.1. The minimum absolute atomic E-state index is 0.263. The summed E-state index contributed by atoms with van der Waals surface area (Å²) in [4.78, 5) is 0. The first-order valence-corrected chi connectivity index (χ1v) is 9.44. The summed E-state index contributed by atoms with van der Waals surface area (Å²) in [6.07, 6.45) is 3.97. The Labute approximate surface area is 156 Å². The number of benzene rings is 2. The molecule has 0 spiro atoms. The van der Waals surface area contributed by atoms with Crippen molar-refractivity contribution in [3.63, 3.8) is 0 Å². The van der Waals surface area contributed by atoms with Crippen molar-refractivity contribution >= 4 is 0 Å². The van der Waals surface area contributed by atoms with E-state index in [4.69, 9.17) is 9.47 Å². The van der Waals surface area contributed by atoms with Gasteiger partial charge in [-0.2, -0.15) is 0 Å². The predicted molar refractivity (Wildman–Crippen MR) is 104 cm³/mol. The zero-order valence-electron chi connectivity index (χ0n) is 15.4. The van der Waals surface area contributed by atoms with Gasteiger partial charge in [0.05, 0.1) is 0 Å². The van der Waals surface area contributed by atoms with Crippen LogP contribution in [0.3, 0.4) is 0 Å². The van der Waals surface area contributed by atoms with Gasteiger partial charge in [0.2, 0.25) is 0 Å². The molecule has 0 aliphatic carbocycles. The van der Waals surface area contributed by atoms with Crippen LogP contribution in [-0.4, -0.2) is 17.0 Å². The van der Waals surface area contributed by atoms with Gasteiger partial charge >= 0.3 is 0 Å². The largest absolute Gasteiger partial charge is 0.380 e. The van der Waals surface area contributed by atoms with Gasteiger partial charge in [0.25, 0.3) is 0 Å². The van der Waals surface area contributed by atoms with Crippen molar-refractivity contribution in [2.75, 3.05) is 0 Å². The minimum atomic E-state index is -1.19. The monoisotopic (exact) mass is 352 g/mol. The highest BCUT2D eigenvalue weighted by molar-refractivity contribution is 5.26. The van der Waals surface area contributed by atoms with Gasteiger partial charge in [0.1, 0.15) is 17.8 Å². The first-order valence-electron chi connectivity index (χ1n) is 9.44. The van der Waals surface area contributed by atoms with Crippen LogP contribution in [0.25, 0.3) is 0 Å². The minimum Gasteiger partial charge on any atom is -0.380 e. The molecule has 138 valence electrons. The summed E-state index contributed by atoms with van der Waals surface area (Å²) in [6.45, 7) is 5.99. The van der Waals surface area contributed by atoms with Crippen LogP contribution in [0.5, 0.6) is 0 Å². The number of hydrogen-bond donors (Lipinski definition) is 1. The van der Waals surface area contributed by atoms with E-state index in [1.54, 1.807) is 6.08 Å². The lowest BCUT2D eigenvalue weighted by Crippen LogP contribution is -2.41. The van der Waals surface area contributed by atoms with Crippen LogP contribution in [0.1, 0.15) is 55.9 Å². The Kier molecular flexibility index (Phi) is 6.25. The third-order valence-electron chi connectivity index (χ3n) is 5.01. The van der Waals surface area contributed by atoms with Gasteiger partial charge < -0.3 is 14.6 Å². The molecule has 0 amide bonds. The van der Waals surface area contributed by atoms with Crippen molar-refractivity contribution in [1.29, 1.82) is 0 Å². The molecular weight excluding hydrogens is 324 g/mol. The zero-order valence-corrected chi connectivity index (χ0v) is 15.4. The van der Waals surface area contributed by atoms with E-state index in [1.807, 2.05) is 60.7 Å². The molecule has 0 radical (unpaired) electrons. The molecule has 1 N–H and O–H groups in total. The molecule has 1 fully saturated rings. The summed E-state index contributed by atoms with van der Waals surface area (Å²) in [5.41, 5.74) is 0.902. The molecule has 3 heteroatoms. The van der Waals surface area contributed by atoms with Crippen LogP contribution in [0.4, 0.5) is 0 Å². The number of hydrogen-bond acceptors (Lipinski definition) is 3. The highest BCUT2D eigenvalue weighted by Crippen LogP contribution is 2.46. The van der Waals surface area contributed by atoms with Gasteiger partial charge in [-0.25, -0.2) is 0 Å². The third kappa shape index (κ3) is 4.07. The van der Waals surface area contributed by atoms with Gasteiger partial charge in [-0.15, -0.1) is 6.58 Å². The molecule has 3 nitrogen and oxygen atoms in total. The molecule has 26 heavy (non-hydrogen) atoms.